The van der Waals surface area contributed by atoms with Gasteiger partial charge in [-0.05, 0) is 20.8 Å². The van der Waals surface area contributed by atoms with Crippen molar-refractivity contribution in [1.29, 1.82) is 0 Å². The van der Waals surface area contributed by atoms with Gasteiger partial charge in [-0.2, -0.15) is 0 Å². The lowest BCUT2D eigenvalue weighted by molar-refractivity contribution is -0.147. The summed E-state index contributed by atoms with van der Waals surface area (Å²) < 4.78 is 50.9. The van der Waals surface area contributed by atoms with E-state index in [2.05, 4.69) is 5.09 Å². The van der Waals surface area contributed by atoms with Crippen molar-refractivity contribution in [2.24, 2.45) is 5.41 Å². The standard InChI is InChI=1S/C23H36ClFN3O10PS/c1-13(2)37-17(30)11-14(3)27-39(34,35-9-10-40-20(32)22(4,5)6)36-12-15-18(31)23(24,25)19(38-15)28-8-7-16(29)26-21(28)33/h7-8,13-15,18-19,31H,9-12H2,1-6H3,(H,27,34)(H,26,29,33). The Kier molecular flexibility index (Phi) is 12.2. The highest BCUT2D eigenvalue weighted by Gasteiger charge is 2.58. The Hall–Kier alpha value is -1.58. The van der Waals surface area contributed by atoms with Crippen molar-refractivity contribution < 1.29 is 42.2 Å². The number of aliphatic hydroxyl groups is 1. The Morgan fingerprint density at radius 1 is 1.32 bits per heavy atom. The maximum absolute atomic E-state index is 15.3. The first-order chi connectivity index (χ1) is 18.4. The van der Waals surface area contributed by atoms with E-state index in [-0.39, 0.29) is 30.0 Å². The lowest BCUT2D eigenvalue weighted by Crippen LogP contribution is -2.42. The summed E-state index contributed by atoms with van der Waals surface area (Å²) >= 11 is 6.85. The third-order valence-electron chi connectivity index (χ3n) is 5.30. The van der Waals surface area contributed by atoms with E-state index in [4.69, 9.17) is 30.1 Å². The van der Waals surface area contributed by atoms with E-state index < -0.39 is 66.6 Å². The van der Waals surface area contributed by atoms with Gasteiger partial charge in [0.05, 0.1) is 25.7 Å². The molecule has 13 nitrogen and oxygen atoms in total. The average molecular weight is 632 g/mol. The molecule has 6 atom stereocenters. The van der Waals surface area contributed by atoms with E-state index in [9.17, 15) is 28.8 Å². The van der Waals surface area contributed by atoms with Crippen LogP contribution in [-0.2, 0) is 32.7 Å². The van der Waals surface area contributed by atoms with Crippen LogP contribution in [0, 0.1) is 5.41 Å². The van der Waals surface area contributed by atoms with Crippen LogP contribution in [0.3, 0.4) is 0 Å². The number of carbonyl (C=O) groups excluding carboxylic acids is 2. The highest BCUT2D eigenvalue weighted by atomic mass is 35.5. The smallest absolute Gasteiger partial charge is 0.405 e. The molecule has 0 spiro atoms. The molecule has 0 radical (unpaired) electrons. The molecule has 17 heteroatoms. The molecule has 0 aromatic carbocycles. The van der Waals surface area contributed by atoms with Crippen molar-refractivity contribution >= 4 is 42.2 Å². The number of thioether (sulfide) groups is 1. The van der Waals surface area contributed by atoms with Crippen LogP contribution in [0.1, 0.15) is 54.2 Å². The Labute approximate surface area is 240 Å². The minimum Gasteiger partial charge on any atom is -0.463 e. The van der Waals surface area contributed by atoms with Gasteiger partial charge in [0.15, 0.2) is 11.3 Å². The van der Waals surface area contributed by atoms with Gasteiger partial charge >= 0.3 is 19.4 Å². The third kappa shape index (κ3) is 9.76. The maximum atomic E-state index is 15.3. The predicted molar refractivity (Wildman–Crippen MR) is 146 cm³/mol. The predicted octanol–water partition coefficient (Wildman–Crippen LogP) is 2.47. The number of hydrogen-bond acceptors (Lipinski definition) is 11. The number of halogens is 2. The molecule has 1 fully saturated rings. The average Bonchev–Trinajstić information content (AvgIpc) is 3.02. The van der Waals surface area contributed by atoms with Gasteiger partial charge < -0.3 is 14.6 Å². The molecule has 2 rings (SSSR count). The van der Waals surface area contributed by atoms with Gasteiger partial charge in [-0.25, -0.2) is 18.8 Å². The molecule has 0 aliphatic carbocycles. The summed E-state index contributed by atoms with van der Waals surface area (Å²) in [6.07, 6.45) is -5.05. The fourth-order valence-electron chi connectivity index (χ4n) is 3.39. The third-order valence-corrected chi connectivity index (χ3v) is 8.72. The number of ether oxygens (including phenoxy) is 2. The number of aromatic amines is 1. The minimum absolute atomic E-state index is 0.114. The topological polar surface area (TPSA) is 175 Å². The van der Waals surface area contributed by atoms with Crippen LogP contribution >= 0.6 is 31.1 Å². The molecule has 6 unspecified atom stereocenters. The molecule has 228 valence electrons. The minimum atomic E-state index is -4.25. The van der Waals surface area contributed by atoms with Crippen LogP contribution in [0.2, 0.25) is 0 Å². The molecule has 0 saturated carbocycles. The molecular formula is C23H36ClFN3O10PS. The van der Waals surface area contributed by atoms with Gasteiger partial charge in [-0.3, -0.25) is 33.0 Å². The van der Waals surface area contributed by atoms with Crippen LogP contribution in [0.15, 0.2) is 21.9 Å². The van der Waals surface area contributed by atoms with Crippen LogP contribution in [0.25, 0.3) is 0 Å². The molecule has 1 aromatic heterocycles. The number of aromatic nitrogens is 2. The van der Waals surface area contributed by atoms with E-state index in [0.717, 1.165) is 24.0 Å². The number of nitrogens with one attached hydrogen (secondary N) is 2. The summed E-state index contributed by atoms with van der Waals surface area (Å²) in [6.45, 7) is 9.21. The van der Waals surface area contributed by atoms with E-state index in [1.54, 1.807) is 34.6 Å². The van der Waals surface area contributed by atoms with Crippen molar-refractivity contribution in [3.8, 4) is 0 Å². The van der Waals surface area contributed by atoms with Gasteiger partial charge in [0.2, 0.25) is 0 Å². The number of nitrogens with zero attached hydrogens (tertiary/aromatic N) is 1. The first-order valence-corrected chi connectivity index (χ1v) is 15.3. The summed E-state index contributed by atoms with van der Waals surface area (Å²) in [5, 5.41) is 9.93. The van der Waals surface area contributed by atoms with E-state index >= 15 is 4.39 Å². The van der Waals surface area contributed by atoms with Crippen molar-refractivity contribution in [2.75, 3.05) is 19.0 Å². The van der Waals surface area contributed by atoms with Gasteiger partial charge in [-0.15, -0.1) is 0 Å². The van der Waals surface area contributed by atoms with Crippen LogP contribution in [0.5, 0.6) is 0 Å². The lowest BCUT2D eigenvalue weighted by atomic mass is 10.00. The maximum Gasteiger partial charge on any atom is 0.405 e. The SMILES string of the molecule is CC(CC(=O)OC(C)C)NP(=O)(OCCSC(=O)C(C)(C)C)OCC1OC(n2ccc(=O)[nH]c2=O)C(F)(Cl)C1O. The fraction of sp³-hybridized carbons (Fsp3) is 0.739. The number of esters is 1. The second-order valence-corrected chi connectivity index (χ2v) is 13.9. The van der Waals surface area contributed by atoms with Gasteiger partial charge in [-0.1, -0.05) is 44.1 Å². The monoisotopic (exact) mass is 631 g/mol. The summed E-state index contributed by atoms with van der Waals surface area (Å²) in [5.41, 5.74) is -2.37. The highest BCUT2D eigenvalue weighted by Crippen LogP contribution is 2.48. The first kappa shape index (κ1) is 34.6. The summed E-state index contributed by atoms with van der Waals surface area (Å²) in [7, 11) is -4.25. The van der Waals surface area contributed by atoms with Crippen molar-refractivity contribution in [3.63, 3.8) is 0 Å². The second kappa shape index (κ2) is 14.1. The summed E-state index contributed by atoms with van der Waals surface area (Å²) in [4.78, 5) is 49.6. The van der Waals surface area contributed by atoms with Gasteiger partial charge in [0.1, 0.15) is 12.2 Å². The van der Waals surface area contributed by atoms with E-state index in [1.165, 1.54) is 6.92 Å². The van der Waals surface area contributed by atoms with Crippen molar-refractivity contribution in [2.45, 2.75) is 83.7 Å². The number of carbonyl (C=O) groups is 2. The number of hydrogen-bond donors (Lipinski definition) is 3. The Bertz CT molecular complexity index is 1200. The van der Waals surface area contributed by atoms with Crippen LogP contribution in [0.4, 0.5) is 4.39 Å². The molecule has 1 aliphatic rings. The first-order valence-electron chi connectivity index (χ1n) is 12.4. The molecule has 1 aromatic rings. The Morgan fingerprint density at radius 2 is 1.98 bits per heavy atom. The van der Waals surface area contributed by atoms with E-state index in [1.807, 2.05) is 4.98 Å². The van der Waals surface area contributed by atoms with E-state index in [0.29, 0.717) is 4.57 Å². The zero-order valence-corrected chi connectivity index (χ0v) is 25.5. The fourth-order valence-corrected chi connectivity index (χ4v) is 6.12. The summed E-state index contributed by atoms with van der Waals surface area (Å²) in [6, 6.07) is 0.171. The van der Waals surface area contributed by atoms with Crippen molar-refractivity contribution in [1.82, 2.24) is 14.6 Å². The van der Waals surface area contributed by atoms with Gasteiger partial charge in [0.25, 0.3) is 10.7 Å². The molecule has 40 heavy (non-hydrogen) atoms. The molecule has 0 amide bonds. The number of rotatable bonds is 13. The normalized spacial score (nSPS) is 25.5. The molecule has 1 saturated heterocycles. The number of aliphatic hydroxyl groups excluding tert-OH is 1. The lowest BCUT2D eigenvalue weighted by Gasteiger charge is -2.25. The molecular weight excluding hydrogens is 596 g/mol. The number of alkyl halides is 2. The van der Waals surface area contributed by atoms with Crippen molar-refractivity contribution in [3.05, 3.63) is 33.1 Å². The summed E-state index contributed by atoms with van der Waals surface area (Å²) in [5.74, 6) is -0.440. The molecule has 0 bridgehead atoms. The molecule has 2 heterocycles. The van der Waals surface area contributed by atoms with Crippen LogP contribution in [-0.4, -0.2) is 74.2 Å². The van der Waals surface area contributed by atoms with Gasteiger partial charge in [0, 0.05) is 29.5 Å². The molecule has 3 N–H and O–H groups in total. The Balaban J connectivity index is 2.14. The molecule has 1 aliphatic heterocycles. The zero-order valence-electron chi connectivity index (χ0n) is 23.0. The quantitative estimate of drug-likeness (QED) is 0.126. The van der Waals surface area contributed by atoms with Crippen LogP contribution < -0.4 is 16.3 Å². The Morgan fingerprint density at radius 3 is 2.55 bits per heavy atom. The number of H-pyrrole nitrogens is 1. The highest BCUT2D eigenvalue weighted by molar-refractivity contribution is 8.13. The zero-order chi connectivity index (χ0) is 30.5. The largest absolute Gasteiger partial charge is 0.463 e. The second-order valence-electron chi connectivity index (χ2n) is 10.4.